The molecule has 0 aliphatic heterocycles. The molecule has 0 unspecified atom stereocenters. The Kier molecular flexibility index (Phi) is 12.7. The van der Waals surface area contributed by atoms with E-state index < -0.39 is 41.8 Å². The van der Waals surface area contributed by atoms with Crippen LogP contribution in [0.3, 0.4) is 0 Å². The maximum atomic E-state index is 13.5. The van der Waals surface area contributed by atoms with Crippen LogP contribution in [0.1, 0.15) is 37.3 Å². The summed E-state index contributed by atoms with van der Waals surface area (Å²) >= 11 is 2.17. The second-order valence-electron chi connectivity index (χ2n) is 10.3. The van der Waals surface area contributed by atoms with Crippen molar-refractivity contribution < 1.29 is 24.3 Å². The smallest absolute Gasteiger partial charge is 0.326 e. The first kappa shape index (κ1) is 33.3. The van der Waals surface area contributed by atoms with Crippen LogP contribution in [0.15, 0.2) is 66.7 Å². The summed E-state index contributed by atoms with van der Waals surface area (Å²) in [6.07, 6.45) is 1.49. The van der Waals surface area contributed by atoms with Crippen LogP contribution >= 0.6 is 22.6 Å². The molecule has 0 aliphatic rings. The second-order valence-corrected chi connectivity index (χ2v) is 11.5. The second kappa shape index (κ2) is 16.4. The summed E-state index contributed by atoms with van der Waals surface area (Å²) in [6, 6.07) is 17.6. The predicted molar refractivity (Wildman–Crippen MR) is 173 cm³/mol. The van der Waals surface area contributed by atoms with Crippen molar-refractivity contribution in [1.29, 1.82) is 5.41 Å². The van der Waals surface area contributed by atoms with Gasteiger partial charge < -0.3 is 32.1 Å². The average molecular weight is 701 g/mol. The van der Waals surface area contributed by atoms with Crippen LogP contribution in [-0.4, -0.2) is 59.4 Å². The number of benzene rings is 3. The minimum atomic E-state index is -1.23. The van der Waals surface area contributed by atoms with Crippen LogP contribution in [0, 0.1) is 8.98 Å². The highest BCUT2D eigenvalue weighted by atomic mass is 127. The minimum absolute atomic E-state index is 0.0520. The van der Waals surface area contributed by atoms with Crippen molar-refractivity contribution in [1.82, 2.24) is 21.3 Å². The first-order valence-electron chi connectivity index (χ1n) is 13.9. The first-order valence-corrected chi connectivity index (χ1v) is 15.0. The van der Waals surface area contributed by atoms with E-state index >= 15 is 0 Å². The number of halogens is 1. The molecule has 0 spiro atoms. The lowest BCUT2D eigenvalue weighted by Gasteiger charge is -2.24. The molecule has 0 aromatic heterocycles. The van der Waals surface area contributed by atoms with E-state index in [4.69, 9.17) is 11.1 Å². The maximum absolute atomic E-state index is 13.5. The predicted octanol–water partition coefficient (Wildman–Crippen LogP) is 2.44. The lowest BCUT2D eigenvalue weighted by molar-refractivity contribution is -0.142. The molecule has 3 atom stereocenters. The van der Waals surface area contributed by atoms with E-state index in [9.17, 15) is 24.3 Å². The van der Waals surface area contributed by atoms with Gasteiger partial charge in [-0.2, -0.15) is 0 Å². The van der Waals surface area contributed by atoms with Gasteiger partial charge in [-0.1, -0.05) is 54.6 Å². The molecule has 0 heterocycles. The summed E-state index contributed by atoms with van der Waals surface area (Å²) in [7, 11) is 0. The molecule has 0 fully saturated rings. The Morgan fingerprint density at radius 1 is 0.814 bits per heavy atom. The summed E-state index contributed by atoms with van der Waals surface area (Å²) in [4.78, 5) is 51.0. The molecule has 11 nitrogen and oxygen atoms in total. The van der Waals surface area contributed by atoms with E-state index in [1.165, 1.54) is 6.92 Å². The molecular weight excluding hydrogens is 663 g/mol. The van der Waals surface area contributed by atoms with E-state index in [1.54, 1.807) is 0 Å². The van der Waals surface area contributed by atoms with Gasteiger partial charge >= 0.3 is 5.97 Å². The zero-order valence-corrected chi connectivity index (χ0v) is 26.0. The van der Waals surface area contributed by atoms with Crippen LogP contribution in [-0.2, 0) is 32.0 Å². The molecule has 0 saturated carbocycles. The lowest BCUT2D eigenvalue weighted by atomic mass is 10.0. The fraction of sp³-hybridized carbons (Fsp3) is 0.323. The highest BCUT2D eigenvalue weighted by Gasteiger charge is 2.29. The van der Waals surface area contributed by atoms with Gasteiger partial charge in [-0.05, 0) is 75.9 Å². The van der Waals surface area contributed by atoms with E-state index in [2.05, 4.69) is 43.9 Å². The first-order chi connectivity index (χ1) is 20.5. The number of nitrogens with two attached hydrogens (primary N) is 1. The Hall–Kier alpha value is -4.20. The molecule has 0 aliphatic carbocycles. The number of carbonyl (C=O) groups is 4. The van der Waals surface area contributed by atoms with E-state index in [0.29, 0.717) is 19.4 Å². The molecule has 3 rings (SSSR count). The van der Waals surface area contributed by atoms with Crippen LogP contribution in [0.2, 0.25) is 0 Å². The molecular formula is C31H37IN6O5. The van der Waals surface area contributed by atoms with Gasteiger partial charge in [0.15, 0.2) is 5.96 Å². The summed E-state index contributed by atoms with van der Waals surface area (Å²) in [5.41, 5.74) is 6.90. The van der Waals surface area contributed by atoms with E-state index in [-0.39, 0.29) is 25.2 Å². The molecule has 0 radical (unpaired) electrons. The number of fused-ring (bicyclic) bond motifs is 1. The van der Waals surface area contributed by atoms with Gasteiger partial charge in [0.2, 0.25) is 17.7 Å². The molecule has 8 N–H and O–H groups in total. The highest BCUT2D eigenvalue weighted by molar-refractivity contribution is 14.1. The van der Waals surface area contributed by atoms with Gasteiger partial charge in [-0.25, -0.2) is 4.79 Å². The van der Waals surface area contributed by atoms with Gasteiger partial charge in [0.1, 0.15) is 18.1 Å². The van der Waals surface area contributed by atoms with E-state index in [0.717, 1.165) is 25.5 Å². The quantitative estimate of drug-likeness (QED) is 0.0549. The number of guanidine groups is 1. The van der Waals surface area contributed by atoms with Crippen molar-refractivity contribution >= 4 is 63.0 Å². The van der Waals surface area contributed by atoms with Crippen molar-refractivity contribution in [3.8, 4) is 0 Å². The number of carboxylic acid groups (broad SMARTS) is 1. The molecule has 228 valence electrons. The minimum Gasteiger partial charge on any atom is -0.480 e. The number of amides is 3. The van der Waals surface area contributed by atoms with Gasteiger partial charge in [-0.15, -0.1) is 0 Å². The van der Waals surface area contributed by atoms with Crippen molar-refractivity contribution in [2.24, 2.45) is 5.73 Å². The van der Waals surface area contributed by atoms with Crippen molar-refractivity contribution in [3.05, 3.63) is 81.4 Å². The van der Waals surface area contributed by atoms with Gasteiger partial charge in [-0.3, -0.25) is 19.8 Å². The summed E-state index contributed by atoms with van der Waals surface area (Å²) in [5, 5.41) is 29.9. The number of aliphatic carboxylic acids is 1. The number of hydrogen-bond donors (Lipinski definition) is 7. The molecule has 0 saturated heterocycles. The Morgan fingerprint density at radius 2 is 1.42 bits per heavy atom. The van der Waals surface area contributed by atoms with Crippen LogP contribution in [0.4, 0.5) is 0 Å². The van der Waals surface area contributed by atoms with Crippen molar-refractivity contribution in [3.63, 3.8) is 0 Å². The number of unbranched alkanes of at least 4 members (excludes halogenated alkanes) is 1. The standard InChI is InChI=1S/C31H37IN6O5/c1-19(39)36-26(17-20-10-13-24(32)14-11-20)29(41)37-25(8-4-5-15-35-31(33)34)28(40)38-27(30(42)43)18-21-9-12-22-6-2-3-7-23(22)16-21/h2-3,6-7,9-14,16,25-27H,4-5,8,15,17-18H2,1H3,(H,36,39)(H,37,41)(H,38,40)(H,42,43)(H4,33,34,35)/t25-,26+,27-/m0/s1. The zero-order valence-electron chi connectivity index (χ0n) is 23.9. The number of rotatable bonds is 15. The summed E-state index contributed by atoms with van der Waals surface area (Å²) < 4.78 is 1.02. The number of nitrogens with one attached hydrogen (secondary N) is 5. The third-order valence-corrected chi connectivity index (χ3v) is 7.50. The van der Waals surface area contributed by atoms with Crippen molar-refractivity contribution in [2.75, 3.05) is 6.54 Å². The van der Waals surface area contributed by atoms with Crippen LogP contribution in [0.5, 0.6) is 0 Å². The average Bonchev–Trinajstić information content (AvgIpc) is 2.96. The third-order valence-electron chi connectivity index (χ3n) is 6.78. The summed E-state index contributed by atoms with van der Waals surface area (Å²) in [6.45, 7) is 1.71. The molecule has 12 heteroatoms. The Bertz CT molecular complexity index is 1450. The Morgan fingerprint density at radius 3 is 2.07 bits per heavy atom. The molecule has 3 aromatic carbocycles. The fourth-order valence-electron chi connectivity index (χ4n) is 4.62. The topological polar surface area (TPSA) is 186 Å². The maximum Gasteiger partial charge on any atom is 0.326 e. The largest absolute Gasteiger partial charge is 0.480 e. The number of hydrogen-bond acceptors (Lipinski definition) is 5. The number of carbonyl (C=O) groups excluding carboxylic acids is 3. The monoisotopic (exact) mass is 700 g/mol. The summed E-state index contributed by atoms with van der Waals surface area (Å²) in [5.74, 6) is -2.97. The third kappa shape index (κ3) is 11.2. The molecule has 43 heavy (non-hydrogen) atoms. The fourth-order valence-corrected chi connectivity index (χ4v) is 4.98. The number of carboxylic acids is 1. The Balaban J connectivity index is 1.75. The molecule has 3 aromatic rings. The SMILES string of the molecule is CC(=O)N[C@H](Cc1ccc(I)cc1)C(=O)N[C@@H](CCCCNC(=N)N)C(=O)N[C@@H](Cc1ccc2ccccc2c1)C(=O)O. The van der Waals surface area contributed by atoms with Crippen LogP contribution < -0.4 is 27.0 Å². The van der Waals surface area contributed by atoms with Crippen LogP contribution in [0.25, 0.3) is 10.8 Å². The van der Waals surface area contributed by atoms with Gasteiger partial charge in [0, 0.05) is 29.9 Å². The van der Waals surface area contributed by atoms with Gasteiger partial charge in [0.05, 0.1) is 0 Å². The normalized spacial score (nSPS) is 12.9. The molecule has 0 bridgehead atoms. The molecule has 3 amide bonds. The van der Waals surface area contributed by atoms with Gasteiger partial charge in [0.25, 0.3) is 0 Å². The lowest BCUT2D eigenvalue weighted by Crippen LogP contribution is -2.56. The van der Waals surface area contributed by atoms with E-state index in [1.807, 2.05) is 66.7 Å². The Labute approximate surface area is 264 Å². The van der Waals surface area contributed by atoms with Crippen molar-refractivity contribution in [2.45, 2.75) is 57.2 Å². The zero-order chi connectivity index (χ0) is 31.4. The highest BCUT2D eigenvalue weighted by Crippen LogP contribution is 2.17.